The summed E-state index contributed by atoms with van der Waals surface area (Å²) in [5.74, 6) is -1.18. The van der Waals surface area contributed by atoms with Crippen LogP contribution in [0, 0.1) is 17.7 Å². The van der Waals surface area contributed by atoms with Crippen LogP contribution >= 0.6 is 0 Å². The number of unbranched alkanes of at least 4 members (excludes halogenated alkanes) is 3. The van der Waals surface area contributed by atoms with E-state index in [1.807, 2.05) is 19.9 Å². The number of H-pyrrole nitrogens is 1. The highest BCUT2D eigenvalue weighted by atomic mass is 32.2. The van der Waals surface area contributed by atoms with E-state index in [-0.39, 0.29) is 47.7 Å². The molecule has 298 valence electrons. The summed E-state index contributed by atoms with van der Waals surface area (Å²) in [4.78, 5) is 62.4. The van der Waals surface area contributed by atoms with E-state index in [9.17, 15) is 36.8 Å². The molecule has 4 amide bonds. The number of imidazole rings is 1. The molecule has 1 saturated heterocycles. The SMILES string of the molecule is CC(C)n1c(=O)[nH]c2cccc(F)c21.CCCCC/C=C\C1C[C@@H]1C(=O)NS(=O)(=O)N(C)C.CNC(=O)C1CCCN1C(=O)CNC(=O)OC(C)(C)C. The molecule has 53 heavy (non-hydrogen) atoms. The molecule has 1 aliphatic carbocycles. The molecule has 1 aliphatic heterocycles. The molecule has 2 aromatic rings. The zero-order valence-corrected chi connectivity index (χ0v) is 33.3. The molecule has 2 unspecified atom stereocenters. The molecule has 15 nitrogen and oxygen atoms in total. The highest BCUT2D eigenvalue weighted by Crippen LogP contribution is 2.40. The molecule has 0 bridgehead atoms. The number of ether oxygens (including phenoxy) is 1. The Morgan fingerprint density at radius 2 is 1.81 bits per heavy atom. The lowest BCUT2D eigenvalue weighted by molar-refractivity contribution is -0.137. The number of allylic oxidation sites excluding steroid dienone is 2. The summed E-state index contributed by atoms with van der Waals surface area (Å²) in [7, 11) is 0.688. The minimum Gasteiger partial charge on any atom is -0.444 e. The second kappa shape index (κ2) is 20.3. The maximum atomic E-state index is 13.4. The number of hydrogen-bond acceptors (Lipinski definition) is 8. The summed E-state index contributed by atoms with van der Waals surface area (Å²) in [5.41, 5.74) is 0.0297. The highest BCUT2D eigenvalue weighted by Gasteiger charge is 2.42. The number of halogens is 1. The van der Waals surface area contributed by atoms with E-state index in [0.29, 0.717) is 24.0 Å². The number of fused-ring (bicyclic) bond motifs is 1. The number of alkyl carbamates (subject to hydrolysis) is 1. The molecule has 2 fully saturated rings. The second-order valence-corrected chi connectivity index (χ2v) is 16.3. The Bertz CT molecular complexity index is 1750. The van der Waals surface area contributed by atoms with Gasteiger partial charge in [0.05, 0.1) is 5.52 Å². The van der Waals surface area contributed by atoms with Crippen molar-refractivity contribution in [2.24, 2.45) is 11.8 Å². The van der Waals surface area contributed by atoms with Gasteiger partial charge >= 0.3 is 22.0 Å². The number of aromatic amines is 1. The number of likely N-dealkylation sites (N-methyl/N-ethyl adjacent to an activating group) is 1. The van der Waals surface area contributed by atoms with Gasteiger partial charge < -0.3 is 25.3 Å². The van der Waals surface area contributed by atoms with Crippen molar-refractivity contribution >= 4 is 45.1 Å². The number of carbonyl (C=O) groups is 4. The lowest BCUT2D eigenvalue weighted by Gasteiger charge is -2.24. The van der Waals surface area contributed by atoms with Crippen molar-refractivity contribution in [3.05, 3.63) is 46.7 Å². The Kier molecular flexibility index (Phi) is 17.2. The summed E-state index contributed by atoms with van der Waals surface area (Å²) in [5, 5.41) is 4.95. The third-order valence-corrected chi connectivity index (χ3v) is 9.77. The van der Waals surface area contributed by atoms with Gasteiger partial charge in [-0.2, -0.15) is 12.7 Å². The number of para-hydroxylation sites is 1. The first-order valence-electron chi connectivity index (χ1n) is 18.0. The first-order chi connectivity index (χ1) is 24.7. The van der Waals surface area contributed by atoms with Crippen molar-refractivity contribution in [1.29, 1.82) is 0 Å². The molecule has 4 N–H and O–H groups in total. The van der Waals surface area contributed by atoms with Crippen molar-refractivity contribution in [2.45, 2.75) is 104 Å². The molecule has 4 rings (SSSR count). The zero-order valence-electron chi connectivity index (χ0n) is 32.5. The number of aromatic nitrogens is 2. The van der Waals surface area contributed by atoms with Gasteiger partial charge in [0.1, 0.15) is 29.5 Å². The summed E-state index contributed by atoms with van der Waals surface area (Å²) in [6.07, 6.45) is 10.3. The van der Waals surface area contributed by atoms with Gasteiger partial charge in [0, 0.05) is 39.6 Å². The number of rotatable bonds is 12. The number of nitrogens with one attached hydrogen (secondary N) is 4. The minimum atomic E-state index is -3.65. The monoisotopic (exact) mass is 767 g/mol. The molecule has 1 saturated carbocycles. The highest BCUT2D eigenvalue weighted by molar-refractivity contribution is 7.87. The van der Waals surface area contributed by atoms with Crippen LogP contribution in [0.4, 0.5) is 9.18 Å². The second-order valence-electron chi connectivity index (χ2n) is 14.4. The lowest BCUT2D eigenvalue weighted by Crippen LogP contribution is -2.48. The molecule has 0 radical (unpaired) electrons. The zero-order chi connectivity index (χ0) is 40.1. The molecular weight excluding hydrogens is 710 g/mol. The summed E-state index contributed by atoms with van der Waals surface area (Å²) in [6.45, 7) is 11.5. The quantitative estimate of drug-likeness (QED) is 0.184. The van der Waals surface area contributed by atoms with Crippen LogP contribution in [0.15, 0.2) is 35.1 Å². The van der Waals surface area contributed by atoms with E-state index in [1.54, 1.807) is 40.0 Å². The van der Waals surface area contributed by atoms with Crippen molar-refractivity contribution < 1.29 is 36.7 Å². The van der Waals surface area contributed by atoms with Crippen LogP contribution in [-0.2, 0) is 29.3 Å². The number of nitrogens with zero attached hydrogens (tertiary/aromatic N) is 3. The average Bonchev–Trinajstić information content (AvgIpc) is 3.50. The van der Waals surface area contributed by atoms with Crippen LogP contribution in [0.25, 0.3) is 11.0 Å². The van der Waals surface area contributed by atoms with E-state index in [4.69, 9.17) is 4.74 Å². The Balaban J connectivity index is 0.000000279. The van der Waals surface area contributed by atoms with Crippen LogP contribution in [-0.4, -0.2) is 96.9 Å². The molecule has 3 atom stereocenters. The van der Waals surface area contributed by atoms with E-state index >= 15 is 0 Å². The van der Waals surface area contributed by atoms with Gasteiger partial charge in [0.25, 0.3) is 0 Å². The van der Waals surface area contributed by atoms with Crippen molar-refractivity contribution in [1.82, 2.24) is 34.1 Å². The first-order valence-corrected chi connectivity index (χ1v) is 19.4. The molecule has 17 heteroatoms. The molecule has 2 aliphatic rings. The maximum absolute atomic E-state index is 13.4. The molecule has 1 aromatic heterocycles. The van der Waals surface area contributed by atoms with Crippen molar-refractivity contribution in [2.75, 3.05) is 34.2 Å². The first kappa shape index (κ1) is 44.9. The van der Waals surface area contributed by atoms with Crippen LogP contribution in [0.2, 0.25) is 0 Å². The predicted molar refractivity (Wildman–Crippen MR) is 202 cm³/mol. The standard InChI is InChI=1S/C13H23N3O4.C13H24N2O3S.C10H11FN2O/c1-13(2,3)20-12(19)15-8-10(17)16-7-5-6-9(16)11(18)14-4;1-4-5-6-7-8-9-11-10-12(11)13(16)14-19(17,18)15(2)3;1-6(2)13-9-7(11)4-3-5-8(9)12-10(13)14/h9H,5-8H2,1-4H3,(H,14,18)(H,15,19);8-9,11-12H,4-7,10H2,1-3H3,(H,14,16);3-6H,1-2H3,(H,12,14)/b;9-8-;/t;11?,12-;/m.0./s1. The summed E-state index contributed by atoms with van der Waals surface area (Å²) >= 11 is 0. The maximum Gasteiger partial charge on any atom is 0.408 e. The third-order valence-electron chi connectivity index (χ3n) is 8.35. The molecule has 2 heterocycles. The third kappa shape index (κ3) is 14.2. The van der Waals surface area contributed by atoms with Crippen LogP contribution < -0.4 is 21.0 Å². The van der Waals surface area contributed by atoms with Gasteiger partial charge in [-0.25, -0.2) is 18.7 Å². The van der Waals surface area contributed by atoms with Gasteiger partial charge in [0.2, 0.25) is 17.7 Å². The fraction of sp³-hybridized carbons (Fsp3) is 0.639. The number of benzene rings is 1. The van der Waals surface area contributed by atoms with Gasteiger partial charge in [-0.1, -0.05) is 38.0 Å². The van der Waals surface area contributed by atoms with Crippen molar-refractivity contribution in [3.63, 3.8) is 0 Å². The van der Waals surface area contributed by atoms with E-state index < -0.39 is 33.9 Å². The van der Waals surface area contributed by atoms with E-state index in [1.165, 1.54) is 48.9 Å². The number of likely N-dealkylation sites (tertiary alicyclic amines) is 1. The van der Waals surface area contributed by atoms with Gasteiger partial charge in [0.15, 0.2) is 0 Å². The van der Waals surface area contributed by atoms with Gasteiger partial charge in [-0.3, -0.25) is 19.0 Å². The van der Waals surface area contributed by atoms with Crippen molar-refractivity contribution in [3.8, 4) is 0 Å². The number of carbonyl (C=O) groups excluding carboxylic acids is 4. The summed E-state index contributed by atoms with van der Waals surface area (Å²) < 4.78 is 46.0. The topological polar surface area (TPSA) is 192 Å². The lowest BCUT2D eigenvalue weighted by atomic mass is 10.2. The van der Waals surface area contributed by atoms with Crippen LogP contribution in [0.5, 0.6) is 0 Å². The summed E-state index contributed by atoms with van der Waals surface area (Å²) in [6, 6.07) is 4.15. The Morgan fingerprint density at radius 1 is 1.13 bits per heavy atom. The smallest absolute Gasteiger partial charge is 0.408 e. The predicted octanol–water partition coefficient (Wildman–Crippen LogP) is 3.98. The van der Waals surface area contributed by atoms with Crippen LogP contribution in [0.1, 0.15) is 92.5 Å². The average molecular weight is 768 g/mol. The van der Waals surface area contributed by atoms with E-state index in [0.717, 1.165) is 23.6 Å². The number of amides is 4. The largest absolute Gasteiger partial charge is 0.444 e. The van der Waals surface area contributed by atoms with Gasteiger partial charge in [-0.15, -0.1) is 0 Å². The normalized spacial score (nSPS) is 18.3. The molecule has 0 spiro atoms. The Labute approximate surface area is 312 Å². The fourth-order valence-corrected chi connectivity index (χ4v) is 6.09. The van der Waals surface area contributed by atoms with E-state index in [2.05, 4.69) is 33.3 Å². The van der Waals surface area contributed by atoms with Crippen LogP contribution in [0.3, 0.4) is 0 Å². The minimum absolute atomic E-state index is 0.0480. The van der Waals surface area contributed by atoms with Gasteiger partial charge in [-0.05, 0) is 84.8 Å². The fourth-order valence-electron chi connectivity index (χ4n) is 5.50. The Hall–Kier alpha value is -4.25. The molecular formula is C36H58FN7O8S. The Morgan fingerprint density at radius 3 is 2.40 bits per heavy atom. The molecule has 1 aromatic carbocycles. The number of hydrogen-bond donors (Lipinski definition) is 4.